The standard InChI is InChI=1S/C13H20N2O2/c16-12-8-10(9-15(12)11-4-3-5-11)13(17)14-6-1-2-7-14/h10-11H,1-9H2. The number of rotatable bonds is 2. The SMILES string of the molecule is O=C(C1CC(=O)N(C2CCC2)C1)N1CCCC1. The Kier molecular flexibility index (Phi) is 2.81. The molecule has 2 aliphatic heterocycles. The highest BCUT2D eigenvalue weighted by Gasteiger charge is 2.41. The maximum absolute atomic E-state index is 12.2. The van der Waals surface area contributed by atoms with Crippen molar-refractivity contribution in [3.05, 3.63) is 0 Å². The van der Waals surface area contributed by atoms with Crippen LogP contribution in [0.15, 0.2) is 0 Å². The van der Waals surface area contributed by atoms with Crippen molar-refractivity contribution in [2.24, 2.45) is 5.92 Å². The summed E-state index contributed by atoms with van der Waals surface area (Å²) in [6.07, 6.45) is 6.20. The first kappa shape index (κ1) is 11.1. The summed E-state index contributed by atoms with van der Waals surface area (Å²) in [6.45, 7) is 2.47. The van der Waals surface area contributed by atoms with Crippen LogP contribution in [0.3, 0.4) is 0 Å². The molecule has 3 fully saturated rings. The van der Waals surface area contributed by atoms with E-state index in [1.54, 1.807) is 0 Å². The molecule has 0 aromatic carbocycles. The van der Waals surface area contributed by atoms with E-state index in [9.17, 15) is 9.59 Å². The number of nitrogens with zero attached hydrogens (tertiary/aromatic N) is 2. The van der Waals surface area contributed by atoms with Crippen LogP contribution in [-0.4, -0.2) is 47.3 Å². The van der Waals surface area contributed by atoms with Crippen LogP contribution < -0.4 is 0 Å². The zero-order valence-electron chi connectivity index (χ0n) is 10.2. The van der Waals surface area contributed by atoms with Gasteiger partial charge in [-0.1, -0.05) is 0 Å². The molecule has 0 aromatic heterocycles. The molecule has 3 aliphatic rings. The molecule has 0 radical (unpaired) electrons. The molecule has 4 nitrogen and oxygen atoms in total. The highest BCUT2D eigenvalue weighted by molar-refractivity contribution is 5.89. The van der Waals surface area contributed by atoms with Crippen molar-refractivity contribution in [1.82, 2.24) is 9.80 Å². The lowest BCUT2D eigenvalue weighted by Gasteiger charge is -2.34. The third-order valence-electron chi connectivity index (χ3n) is 4.44. The lowest BCUT2D eigenvalue weighted by molar-refractivity contribution is -0.135. The largest absolute Gasteiger partial charge is 0.342 e. The first-order valence-electron chi connectivity index (χ1n) is 6.84. The predicted octanol–water partition coefficient (Wildman–Crippen LogP) is 1.01. The lowest BCUT2D eigenvalue weighted by atomic mass is 9.92. The van der Waals surface area contributed by atoms with Gasteiger partial charge in [-0.2, -0.15) is 0 Å². The van der Waals surface area contributed by atoms with Gasteiger partial charge < -0.3 is 9.80 Å². The molecule has 2 heterocycles. The Morgan fingerprint density at radius 1 is 1.12 bits per heavy atom. The van der Waals surface area contributed by atoms with Gasteiger partial charge in [0.05, 0.1) is 5.92 Å². The van der Waals surface area contributed by atoms with Crippen LogP contribution in [0.5, 0.6) is 0 Å². The topological polar surface area (TPSA) is 40.6 Å². The highest BCUT2D eigenvalue weighted by atomic mass is 16.2. The molecule has 3 rings (SSSR count). The highest BCUT2D eigenvalue weighted by Crippen LogP contribution is 2.31. The summed E-state index contributed by atoms with van der Waals surface area (Å²) < 4.78 is 0. The van der Waals surface area contributed by atoms with E-state index < -0.39 is 0 Å². The van der Waals surface area contributed by atoms with Gasteiger partial charge in [0.15, 0.2) is 0 Å². The van der Waals surface area contributed by atoms with Crippen LogP contribution in [0.25, 0.3) is 0 Å². The van der Waals surface area contributed by atoms with Crippen molar-refractivity contribution in [2.45, 2.75) is 44.6 Å². The first-order chi connectivity index (χ1) is 8.25. The van der Waals surface area contributed by atoms with E-state index >= 15 is 0 Å². The van der Waals surface area contributed by atoms with Crippen LogP contribution in [0, 0.1) is 5.92 Å². The van der Waals surface area contributed by atoms with Gasteiger partial charge in [-0.15, -0.1) is 0 Å². The fraction of sp³-hybridized carbons (Fsp3) is 0.846. The summed E-state index contributed by atoms with van der Waals surface area (Å²) in [5.74, 6) is 0.367. The number of likely N-dealkylation sites (tertiary alicyclic amines) is 2. The van der Waals surface area contributed by atoms with E-state index in [0.717, 1.165) is 38.8 Å². The molecule has 1 atom stereocenters. The summed E-state index contributed by atoms with van der Waals surface area (Å²) in [6, 6.07) is 0.443. The van der Waals surface area contributed by atoms with Crippen LogP contribution in [0.1, 0.15) is 38.5 Å². The van der Waals surface area contributed by atoms with Gasteiger partial charge in [-0.05, 0) is 32.1 Å². The summed E-state index contributed by atoms with van der Waals surface area (Å²) in [5.41, 5.74) is 0. The fourth-order valence-electron chi connectivity index (χ4n) is 3.14. The first-order valence-corrected chi connectivity index (χ1v) is 6.84. The number of carbonyl (C=O) groups is 2. The van der Waals surface area contributed by atoms with Crippen molar-refractivity contribution in [1.29, 1.82) is 0 Å². The quantitative estimate of drug-likeness (QED) is 0.718. The Morgan fingerprint density at radius 3 is 2.41 bits per heavy atom. The summed E-state index contributed by atoms with van der Waals surface area (Å²) in [5, 5.41) is 0. The molecule has 94 valence electrons. The lowest BCUT2D eigenvalue weighted by Crippen LogP contribution is -2.42. The van der Waals surface area contributed by atoms with Gasteiger partial charge in [0.25, 0.3) is 0 Å². The van der Waals surface area contributed by atoms with Crippen molar-refractivity contribution < 1.29 is 9.59 Å². The number of hydrogen-bond donors (Lipinski definition) is 0. The molecule has 1 unspecified atom stereocenters. The van der Waals surface area contributed by atoms with E-state index in [1.165, 1.54) is 6.42 Å². The Morgan fingerprint density at radius 2 is 1.82 bits per heavy atom. The third kappa shape index (κ3) is 1.94. The van der Waals surface area contributed by atoms with E-state index in [0.29, 0.717) is 19.0 Å². The zero-order chi connectivity index (χ0) is 11.8. The maximum Gasteiger partial charge on any atom is 0.227 e. The normalized spacial score (nSPS) is 29.9. The molecule has 2 saturated heterocycles. The van der Waals surface area contributed by atoms with Crippen molar-refractivity contribution in [3.8, 4) is 0 Å². The molecular formula is C13H20N2O2. The molecule has 1 aliphatic carbocycles. The molecule has 0 aromatic rings. The molecule has 2 amide bonds. The summed E-state index contributed by atoms with van der Waals surface area (Å²) in [4.78, 5) is 28.0. The molecule has 17 heavy (non-hydrogen) atoms. The Hall–Kier alpha value is -1.06. The van der Waals surface area contributed by atoms with E-state index in [4.69, 9.17) is 0 Å². The van der Waals surface area contributed by atoms with Gasteiger partial charge in [0.2, 0.25) is 11.8 Å². The molecule has 0 spiro atoms. The second-order valence-corrected chi connectivity index (χ2v) is 5.56. The van der Waals surface area contributed by atoms with Crippen LogP contribution in [-0.2, 0) is 9.59 Å². The minimum Gasteiger partial charge on any atom is -0.342 e. The average Bonchev–Trinajstić information content (AvgIpc) is 2.85. The van der Waals surface area contributed by atoms with Gasteiger partial charge in [-0.3, -0.25) is 9.59 Å². The van der Waals surface area contributed by atoms with Crippen molar-refractivity contribution in [2.75, 3.05) is 19.6 Å². The van der Waals surface area contributed by atoms with Gasteiger partial charge in [0, 0.05) is 32.1 Å². The van der Waals surface area contributed by atoms with Crippen molar-refractivity contribution >= 4 is 11.8 Å². The Balaban J connectivity index is 1.61. The Labute approximate surface area is 102 Å². The molecule has 1 saturated carbocycles. The monoisotopic (exact) mass is 236 g/mol. The molecule has 4 heteroatoms. The smallest absolute Gasteiger partial charge is 0.227 e. The second kappa shape index (κ2) is 4.31. The van der Waals surface area contributed by atoms with Crippen LogP contribution in [0.4, 0.5) is 0 Å². The van der Waals surface area contributed by atoms with E-state index in [-0.39, 0.29) is 17.7 Å². The average molecular weight is 236 g/mol. The van der Waals surface area contributed by atoms with Crippen LogP contribution >= 0.6 is 0 Å². The fourth-order valence-corrected chi connectivity index (χ4v) is 3.14. The molecule has 0 N–H and O–H groups in total. The second-order valence-electron chi connectivity index (χ2n) is 5.56. The van der Waals surface area contributed by atoms with Gasteiger partial charge in [-0.25, -0.2) is 0 Å². The number of hydrogen-bond acceptors (Lipinski definition) is 2. The van der Waals surface area contributed by atoms with E-state index in [2.05, 4.69) is 0 Å². The predicted molar refractivity (Wildman–Crippen MR) is 63.3 cm³/mol. The van der Waals surface area contributed by atoms with E-state index in [1.807, 2.05) is 9.80 Å². The molecular weight excluding hydrogens is 216 g/mol. The molecule has 0 bridgehead atoms. The van der Waals surface area contributed by atoms with Crippen molar-refractivity contribution in [3.63, 3.8) is 0 Å². The minimum absolute atomic E-state index is 0.0544. The maximum atomic E-state index is 12.2. The number of amides is 2. The summed E-state index contributed by atoms with van der Waals surface area (Å²) >= 11 is 0. The summed E-state index contributed by atoms with van der Waals surface area (Å²) in [7, 11) is 0. The van der Waals surface area contributed by atoms with Crippen LogP contribution in [0.2, 0.25) is 0 Å². The van der Waals surface area contributed by atoms with Gasteiger partial charge >= 0.3 is 0 Å². The Bertz CT molecular complexity index is 332. The third-order valence-corrected chi connectivity index (χ3v) is 4.44. The number of carbonyl (C=O) groups excluding carboxylic acids is 2. The zero-order valence-corrected chi connectivity index (χ0v) is 10.2. The van der Waals surface area contributed by atoms with Gasteiger partial charge in [0.1, 0.15) is 0 Å². The minimum atomic E-state index is -0.0544.